The van der Waals surface area contributed by atoms with Crippen LogP contribution in [0.4, 0.5) is 0 Å². The molecule has 3 atom stereocenters. The number of likely N-dealkylation sites (N-methyl/N-ethyl adjacent to an activating group) is 1. The summed E-state index contributed by atoms with van der Waals surface area (Å²) in [6.07, 6.45) is 78.4. The van der Waals surface area contributed by atoms with Gasteiger partial charge in [-0.2, -0.15) is 0 Å². The largest absolute Gasteiger partial charge is 0.472 e. The van der Waals surface area contributed by atoms with Gasteiger partial charge in [-0.1, -0.05) is 279 Å². The summed E-state index contributed by atoms with van der Waals surface area (Å²) in [6, 6.07) is -0.862. The van der Waals surface area contributed by atoms with Crippen LogP contribution in [0.2, 0.25) is 0 Å². The SMILES string of the molecule is CC/C=C\C/C=C\C/C=C\C/C=C\C/C=C\C/C=C\CCCCCCCCC(=O)NC(COP(=O)(O)OCC[N+](C)(C)C)C(O)/C=C/CCCCCCCCCCCCCCCCCCCCCCCCCCC. The number of unbranched alkanes of at least 4 members (excludes halogenated alkanes) is 31. The van der Waals surface area contributed by atoms with Crippen molar-refractivity contribution in [2.45, 2.75) is 283 Å². The first-order valence-corrected chi connectivity index (χ1v) is 32.5. The highest BCUT2D eigenvalue weighted by Gasteiger charge is 2.27. The topological polar surface area (TPSA) is 105 Å². The molecule has 0 fully saturated rings. The lowest BCUT2D eigenvalue weighted by Crippen LogP contribution is -2.45. The third-order valence-corrected chi connectivity index (χ3v) is 14.6. The van der Waals surface area contributed by atoms with Gasteiger partial charge in [0.1, 0.15) is 13.2 Å². The molecule has 74 heavy (non-hydrogen) atoms. The third kappa shape index (κ3) is 57.4. The van der Waals surface area contributed by atoms with Crippen molar-refractivity contribution in [2.24, 2.45) is 0 Å². The van der Waals surface area contributed by atoms with Crippen molar-refractivity contribution in [3.05, 3.63) is 85.1 Å². The Hall–Kier alpha value is -2.32. The van der Waals surface area contributed by atoms with Crippen LogP contribution < -0.4 is 5.32 Å². The summed E-state index contributed by atoms with van der Waals surface area (Å²) < 4.78 is 23.8. The number of quaternary nitrogens is 1. The van der Waals surface area contributed by atoms with Crippen molar-refractivity contribution >= 4 is 13.7 Å². The van der Waals surface area contributed by atoms with Gasteiger partial charge in [0.25, 0.3) is 0 Å². The molecule has 0 aliphatic heterocycles. The Bertz CT molecular complexity index is 1480. The number of rotatable bonds is 56. The van der Waals surface area contributed by atoms with Crippen molar-refractivity contribution in [2.75, 3.05) is 40.9 Å². The number of nitrogens with zero attached hydrogens (tertiary/aromatic N) is 1. The van der Waals surface area contributed by atoms with Gasteiger partial charge in [0.05, 0.1) is 39.9 Å². The van der Waals surface area contributed by atoms with Gasteiger partial charge in [0.2, 0.25) is 5.91 Å². The number of hydrogen-bond donors (Lipinski definition) is 3. The molecule has 0 aliphatic rings. The molecule has 9 heteroatoms. The molecule has 0 aromatic rings. The molecule has 0 aromatic heterocycles. The van der Waals surface area contributed by atoms with E-state index in [9.17, 15) is 19.4 Å². The van der Waals surface area contributed by atoms with Crippen LogP contribution in [-0.4, -0.2) is 73.4 Å². The lowest BCUT2D eigenvalue weighted by molar-refractivity contribution is -0.870. The molecule has 8 nitrogen and oxygen atoms in total. The average Bonchev–Trinajstić information content (AvgIpc) is 3.36. The molecule has 0 rings (SSSR count). The van der Waals surface area contributed by atoms with Crippen LogP contribution in [-0.2, 0) is 18.4 Å². The summed E-state index contributed by atoms with van der Waals surface area (Å²) in [5.74, 6) is -0.192. The normalized spacial score (nSPS) is 14.4. The highest BCUT2D eigenvalue weighted by atomic mass is 31.2. The number of nitrogens with one attached hydrogen (secondary N) is 1. The van der Waals surface area contributed by atoms with Gasteiger partial charge in [-0.25, -0.2) is 4.57 Å². The van der Waals surface area contributed by atoms with E-state index in [-0.39, 0.29) is 19.1 Å². The van der Waals surface area contributed by atoms with Crippen LogP contribution in [0.15, 0.2) is 85.1 Å². The number of aliphatic hydroxyl groups excluding tert-OH is 1. The standard InChI is InChI=1S/C65H119N2O6P/c1-6-8-10-12-14-16-18-20-22-24-26-28-30-32-33-35-36-38-40-42-44-46-48-50-52-54-56-58-64(68)63(62-73-74(70,71)72-61-60-67(3,4)5)66-65(69)59-57-55-53-51-49-47-45-43-41-39-37-34-31-29-27-25-23-21-19-17-15-13-11-9-7-2/h9,11,15,17,21,23,27,29,34,37,41,43,56,58,63-64,68H,6-8,10,12-14,16,18-20,22,24-26,28,30-33,35-36,38-40,42,44-55,57,59-62H2,1-5H3,(H-,66,69,70,71)/p+1/b11-9-,17-15-,23-21-,29-27-,37-34-,43-41-,58-56+. The molecular weight excluding hydrogens is 936 g/mol. The predicted molar refractivity (Wildman–Crippen MR) is 323 cm³/mol. The second kappa shape index (κ2) is 55.4. The minimum atomic E-state index is -4.36. The van der Waals surface area contributed by atoms with Gasteiger partial charge in [-0.05, 0) is 70.6 Å². The predicted octanol–water partition coefficient (Wildman–Crippen LogP) is 19.2. The van der Waals surface area contributed by atoms with E-state index < -0.39 is 20.0 Å². The third-order valence-electron chi connectivity index (χ3n) is 13.6. The fourth-order valence-electron chi connectivity index (χ4n) is 8.81. The van der Waals surface area contributed by atoms with Crippen LogP contribution in [0.5, 0.6) is 0 Å². The van der Waals surface area contributed by atoms with E-state index in [1.807, 2.05) is 27.2 Å². The Kier molecular flexibility index (Phi) is 53.7. The first-order valence-electron chi connectivity index (χ1n) is 31.0. The lowest BCUT2D eigenvalue weighted by Gasteiger charge is -2.25. The highest BCUT2D eigenvalue weighted by molar-refractivity contribution is 7.47. The van der Waals surface area contributed by atoms with Gasteiger partial charge in [-0.3, -0.25) is 13.8 Å². The molecule has 0 saturated heterocycles. The quantitative estimate of drug-likeness (QED) is 0.0243. The fraction of sp³-hybridized carbons (Fsp3) is 0.769. The van der Waals surface area contributed by atoms with Crippen LogP contribution >= 0.6 is 7.82 Å². The monoisotopic (exact) mass is 1060 g/mol. The smallest absolute Gasteiger partial charge is 0.387 e. The number of amides is 1. The van der Waals surface area contributed by atoms with Crippen molar-refractivity contribution in [1.82, 2.24) is 5.32 Å². The summed E-state index contributed by atoms with van der Waals surface area (Å²) in [5.41, 5.74) is 0. The molecule has 0 aromatic carbocycles. The molecule has 3 unspecified atom stereocenters. The summed E-state index contributed by atoms with van der Waals surface area (Å²) in [4.78, 5) is 23.3. The van der Waals surface area contributed by atoms with Gasteiger partial charge in [0.15, 0.2) is 0 Å². The van der Waals surface area contributed by atoms with E-state index in [4.69, 9.17) is 9.05 Å². The van der Waals surface area contributed by atoms with E-state index >= 15 is 0 Å². The zero-order valence-corrected chi connectivity index (χ0v) is 50.0. The number of carbonyl (C=O) groups is 1. The van der Waals surface area contributed by atoms with Crippen molar-refractivity contribution in [1.29, 1.82) is 0 Å². The summed E-state index contributed by atoms with van der Waals surface area (Å²) in [5, 5.41) is 14.0. The van der Waals surface area contributed by atoms with Gasteiger partial charge in [0, 0.05) is 6.42 Å². The average molecular weight is 1060 g/mol. The zero-order chi connectivity index (χ0) is 54.2. The van der Waals surface area contributed by atoms with E-state index in [1.165, 1.54) is 161 Å². The maximum atomic E-state index is 13.0. The van der Waals surface area contributed by atoms with E-state index in [0.29, 0.717) is 17.4 Å². The first-order chi connectivity index (χ1) is 36.0. The number of aliphatic hydroxyl groups is 1. The van der Waals surface area contributed by atoms with Crippen LogP contribution in [0.1, 0.15) is 271 Å². The molecule has 0 bridgehead atoms. The van der Waals surface area contributed by atoms with Gasteiger partial charge >= 0.3 is 7.82 Å². The second-order valence-electron chi connectivity index (χ2n) is 22.1. The highest BCUT2D eigenvalue weighted by Crippen LogP contribution is 2.43. The Morgan fingerprint density at radius 1 is 0.473 bits per heavy atom. The molecular formula is C65H120N2O6P+. The van der Waals surface area contributed by atoms with Crippen LogP contribution in [0, 0.1) is 0 Å². The summed E-state index contributed by atoms with van der Waals surface area (Å²) in [6.45, 7) is 4.71. The second-order valence-corrected chi connectivity index (χ2v) is 23.5. The number of phosphoric ester groups is 1. The van der Waals surface area contributed by atoms with E-state index in [1.54, 1.807) is 6.08 Å². The Labute approximate surface area is 458 Å². The molecule has 1 amide bonds. The minimum absolute atomic E-state index is 0.0544. The number of phosphoric acid groups is 1. The molecule has 430 valence electrons. The Balaban J connectivity index is 4.22. The molecule has 3 N–H and O–H groups in total. The Morgan fingerprint density at radius 2 is 0.811 bits per heavy atom. The maximum absolute atomic E-state index is 13.0. The zero-order valence-electron chi connectivity index (χ0n) is 49.1. The van der Waals surface area contributed by atoms with Gasteiger partial charge < -0.3 is 19.8 Å². The molecule has 0 radical (unpaired) electrons. The molecule has 0 spiro atoms. The Morgan fingerprint density at radius 3 is 1.19 bits per heavy atom. The van der Waals surface area contributed by atoms with Crippen LogP contribution in [0.3, 0.4) is 0 Å². The van der Waals surface area contributed by atoms with Crippen molar-refractivity contribution in [3.63, 3.8) is 0 Å². The van der Waals surface area contributed by atoms with Crippen molar-refractivity contribution in [3.8, 4) is 0 Å². The summed E-state index contributed by atoms with van der Waals surface area (Å²) >= 11 is 0. The van der Waals surface area contributed by atoms with Gasteiger partial charge in [-0.15, -0.1) is 0 Å². The molecule has 0 aliphatic carbocycles. The summed E-state index contributed by atoms with van der Waals surface area (Å²) in [7, 11) is 1.56. The number of allylic oxidation sites excluding steroid dienone is 13. The minimum Gasteiger partial charge on any atom is -0.387 e. The fourth-order valence-corrected chi connectivity index (χ4v) is 9.55. The number of hydrogen-bond acceptors (Lipinski definition) is 5. The first kappa shape index (κ1) is 71.7. The molecule has 0 heterocycles. The number of carbonyl (C=O) groups excluding carboxylic acids is 1. The van der Waals surface area contributed by atoms with Crippen LogP contribution in [0.25, 0.3) is 0 Å². The van der Waals surface area contributed by atoms with E-state index in [0.717, 1.165) is 89.9 Å². The lowest BCUT2D eigenvalue weighted by atomic mass is 10.0. The molecule has 0 saturated carbocycles. The van der Waals surface area contributed by atoms with Crippen molar-refractivity contribution < 1.29 is 32.9 Å². The maximum Gasteiger partial charge on any atom is 0.472 e. The van der Waals surface area contributed by atoms with E-state index in [2.05, 4.69) is 92.1 Å².